The summed E-state index contributed by atoms with van der Waals surface area (Å²) in [5.41, 5.74) is -1.19. The van der Waals surface area contributed by atoms with E-state index in [0.29, 0.717) is 6.20 Å². The Hall–Kier alpha value is -2.10. The number of hydrogen-bond donors (Lipinski definition) is 1. The minimum atomic E-state index is -4.49. The van der Waals surface area contributed by atoms with Crippen LogP contribution < -0.4 is 5.32 Å². The maximum Gasteiger partial charge on any atom is 0.417 e. The van der Waals surface area contributed by atoms with Crippen molar-refractivity contribution in [1.82, 2.24) is 10.3 Å². The summed E-state index contributed by atoms with van der Waals surface area (Å²) in [6.07, 6.45) is -2.61. The summed E-state index contributed by atoms with van der Waals surface area (Å²) in [5.74, 6) is -0.841. The van der Waals surface area contributed by atoms with Gasteiger partial charge in [-0.2, -0.15) is 18.4 Å². The fourth-order valence-corrected chi connectivity index (χ4v) is 0.811. The van der Waals surface area contributed by atoms with Crippen molar-refractivity contribution < 1.29 is 18.0 Å². The van der Waals surface area contributed by atoms with Crippen LogP contribution in [-0.2, 0) is 6.18 Å². The highest BCUT2D eigenvalue weighted by Gasteiger charge is 2.30. The summed E-state index contributed by atoms with van der Waals surface area (Å²) in [5, 5.41) is 9.83. The van der Waals surface area contributed by atoms with E-state index in [1.807, 2.05) is 0 Å². The van der Waals surface area contributed by atoms with Crippen molar-refractivity contribution in [2.75, 3.05) is 0 Å². The minimum Gasteiger partial charge on any atom is -0.266 e. The Morgan fingerprint density at radius 2 is 2.13 bits per heavy atom. The number of carbonyl (C=O) groups is 1. The van der Waals surface area contributed by atoms with Crippen LogP contribution in [-0.4, -0.2) is 10.9 Å². The lowest BCUT2D eigenvalue weighted by Gasteiger charge is -2.05. The van der Waals surface area contributed by atoms with E-state index >= 15 is 0 Å². The second-order valence-electron chi connectivity index (χ2n) is 2.50. The van der Waals surface area contributed by atoms with Gasteiger partial charge in [-0.05, 0) is 12.1 Å². The highest BCUT2D eigenvalue weighted by Crippen LogP contribution is 2.28. The minimum absolute atomic E-state index is 0.246. The second kappa shape index (κ2) is 3.96. The van der Waals surface area contributed by atoms with Gasteiger partial charge in [0.1, 0.15) is 5.69 Å². The molecule has 0 aliphatic heterocycles. The predicted octanol–water partition coefficient (Wildman–Crippen LogP) is 1.31. The standard InChI is InChI=1S/C8H4F3N3O/c9-8(10,11)5-1-2-6(13-3-5)7(15)14-4-12/h1-3H,(H,14,15). The number of carbonyl (C=O) groups excluding carboxylic acids is 1. The fraction of sp³-hybridized carbons (Fsp3) is 0.125. The molecule has 1 heterocycles. The van der Waals surface area contributed by atoms with E-state index in [1.54, 1.807) is 5.32 Å². The predicted molar refractivity (Wildman–Crippen MR) is 42.3 cm³/mol. The number of rotatable bonds is 1. The SMILES string of the molecule is N#CNC(=O)c1ccc(C(F)(F)F)cn1. The average molecular weight is 215 g/mol. The molecule has 0 aliphatic rings. The van der Waals surface area contributed by atoms with E-state index in [1.165, 1.54) is 6.19 Å². The molecule has 1 aromatic heterocycles. The van der Waals surface area contributed by atoms with Crippen molar-refractivity contribution in [3.63, 3.8) is 0 Å². The zero-order valence-corrected chi connectivity index (χ0v) is 7.17. The molecular formula is C8H4F3N3O. The number of pyridine rings is 1. The van der Waals surface area contributed by atoms with Gasteiger partial charge in [-0.25, -0.2) is 0 Å². The molecular weight excluding hydrogens is 211 g/mol. The highest BCUT2D eigenvalue weighted by molar-refractivity contribution is 5.93. The van der Waals surface area contributed by atoms with E-state index in [0.717, 1.165) is 12.1 Å². The molecule has 1 rings (SSSR count). The maximum absolute atomic E-state index is 12.1. The molecule has 0 bridgehead atoms. The highest BCUT2D eigenvalue weighted by atomic mass is 19.4. The topological polar surface area (TPSA) is 65.8 Å². The van der Waals surface area contributed by atoms with Crippen molar-refractivity contribution in [2.45, 2.75) is 6.18 Å². The molecule has 1 N–H and O–H groups in total. The summed E-state index contributed by atoms with van der Waals surface area (Å²) in [6, 6.07) is 1.62. The third kappa shape index (κ3) is 2.67. The van der Waals surface area contributed by atoms with Gasteiger partial charge < -0.3 is 0 Å². The molecule has 1 aromatic rings. The lowest BCUT2D eigenvalue weighted by Crippen LogP contribution is -2.19. The molecule has 0 spiro atoms. The van der Waals surface area contributed by atoms with Gasteiger partial charge in [0.25, 0.3) is 5.91 Å². The Labute approximate surface area is 82.3 Å². The summed E-state index contributed by atoms with van der Waals surface area (Å²) >= 11 is 0. The number of aromatic nitrogens is 1. The van der Waals surface area contributed by atoms with Crippen molar-refractivity contribution in [3.05, 3.63) is 29.6 Å². The van der Waals surface area contributed by atoms with E-state index < -0.39 is 17.6 Å². The molecule has 0 unspecified atom stereocenters. The lowest BCUT2D eigenvalue weighted by molar-refractivity contribution is -0.137. The Kier molecular flexibility index (Phi) is 2.90. The molecule has 0 radical (unpaired) electrons. The summed E-state index contributed by atoms with van der Waals surface area (Å²) in [6.45, 7) is 0. The first-order valence-electron chi connectivity index (χ1n) is 3.68. The molecule has 0 saturated carbocycles. The smallest absolute Gasteiger partial charge is 0.266 e. The molecule has 7 heteroatoms. The Balaban J connectivity index is 2.92. The molecule has 0 aliphatic carbocycles. The summed E-state index contributed by atoms with van der Waals surface area (Å²) < 4.78 is 36.2. The zero-order valence-electron chi connectivity index (χ0n) is 7.17. The van der Waals surface area contributed by atoms with Crippen LogP contribution in [0.1, 0.15) is 16.1 Å². The van der Waals surface area contributed by atoms with E-state index in [4.69, 9.17) is 5.26 Å². The number of halogens is 3. The number of nitriles is 1. The van der Waals surface area contributed by atoms with Crippen molar-refractivity contribution in [1.29, 1.82) is 5.26 Å². The third-order valence-electron chi connectivity index (χ3n) is 1.49. The molecule has 0 aromatic carbocycles. The zero-order chi connectivity index (χ0) is 11.5. The van der Waals surface area contributed by atoms with Crippen LogP contribution in [0.25, 0.3) is 0 Å². The Bertz CT molecular complexity index is 405. The number of nitrogens with one attached hydrogen (secondary N) is 1. The molecule has 78 valence electrons. The van der Waals surface area contributed by atoms with Gasteiger partial charge in [-0.15, -0.1) is 0 Å². The number of nitrogens with zero attached hydrogens (tertiary/aromatic N) is 2. The van der Waals surface area contributed by atoms with Crippen LogP contribution >= 0.6 is 0 Å². The second-order valence-corrected chi connectivity index (χ2v) is 2.50. The van der Waals surface area contributed by atoms with Gasteiger partial charge in [0.05, 0.1) is 5.56 Å². The lowest BCUT2D eigenvalue weighted by atomic mass is 10.2. The Morgan fingerprint density at radius 1 is 1.47 bits per heavy atom. The summed E-state index contributed by atoms with van der Waals surface area (Å²) in [4.78, 5) is 14.2. The molecule has 0 atom stereocenters. The van der Waals surface area contributed by atoms with Gasteiger partial charge in [-0.3, -0.25) is 15.1 Å². The van der Waals surface area contributed by atoms with Crippen LogP contribution in [0.15, 0.2) is 18.3 Å². The summed E-state index contributed by atoms with van der Waals surface area (Å²) in [7, 11) is 0. The monoisotopic (exact) mass is 215 g/mol. The first kappa shape index (κ1) is 11.0. The van der Waals surface area contributed by atoms with Crippen molar-refractivity contribution >= 4 is 5.91 Å². The van der Waals surface area contributed by atoms with Gasteiger partial charge >= 0.3 is 6.18 Å². The quantitative estimate of drug-likeness (QED) is 0.567. The molecule has 0 fully saturated rings. The molecule has 15 heavy (non-hydrogen) atoms. The average Bonchev–Trinajstić information content (AvgIpc) is 2.17. The van der Waals surface area contributed by atoms with Crippen LogP contribution in [0.2, 0.25) is 0 Å². The van der Waals surface area contributed by atoms with E-state index in [9.17, 15) is 18.0 Å². The van der Waals surface area contributed by atoms with Gasteiger partial charge in [0, 0.05) is 6.20 Å². The molecule has 0 saturated heterocycles. The van der Waals surface area contributed by atoms with Gasteiger partial charge in [-0.1, -0.05) is 0 Å². The van der Waals surface area contributed by atoms with Crippen LogP contribution in [0.4, 0.5) is 13.2 Å². The molecule has 4 nitrogen and oxygen atoms in total. The normalized spacial score (nSPS) is 10.5. The number of alkyl halides is 3. The van der Waals surface area contributed by atoms with Crippen LogP contribution in [0.5, 0.6) is 0 Å². The molecule has 1 amide bonds. The maximum atomic E-state index is 12.1. The van der Waals surface area contributed by atoms with E-state index in [-0.39, 0.29) is 5.69 Å². The first-order valence-corrected chi connectivity index (χ1v) is 3.68. The van der Waals surface area contributed by atoms with Gasteiger partial charge in [0.15, 0.2) is 6.19 Å². The van der Waals surface area contributed by atoms with Crippen LogP contribution in [0, 0.1) is 11.5 Å². The first-order chi connectivity index (χ1) is 6.95. The van der Waals surface area contributed by atoms with Gasteiger partial charge in [0.2, 0.25) is 0 Å². The third-order valence-corrected chi connectivity index (χ3v) is 1.49. The fourth-order valence-electron chi connectivity index (χ4n) is 0.811. The largest absolute Gasteiger partial charge is 0.417 e. The Morgan fingerprint density at radius 3 is 2.53 bits per heavy atom. The number of hydrogen-bond acceptors (Lipinski definition) is 3. The number of amides is 1. The van der Waals surface area contributed by atoms with E-state index in [2.05, 4.69) is 4.98 Å². The van der Waals surface area contributed by atoms with Crippen LogP contribution in [0.3, 0.4) is 0 Å². The van der Waals surface area contributed by atoms with Crippen molar-refractivity contribution in [3.8, 4) is 6.19 Å². The van der Waals surface area contributed by atoms with Crippen molar-refractivity contribution in [2.24, 2.45) is 0 Å².